The van der Waals surface area contributed by atoms with Gasteiger partial charge in [0.25, 0.3) is 0 Å². The second-order valence-corrected chi connectivity index (χ2v) is 4.07. The first-order valence-electron chi connectivity index (χ1n) is 5.43. The SMILES string of the molecule is Cc1ccc(-c2ccc(CN)cn2)c(C)c1. The van der Waals surface area contributed by atoms with Crippen LogP contribution in [0, 0.1) is 13.8 Å². The van der Waals surface area contributed by atoms with Crippen molar-refractivity contribution in [2.45, 2.75) is 20.4 Å². The first-order valence-corrected chi connectivity index (χ1v) is 5.43. The van der Waals surface area contributed by atoms with Gasteiger partial charge in [0.15, 0.2) is 0 Å². The summed E-state index contributed by atoms with van der Waals surface area (Å²) in [5, 5.41) is 0. The predicted octanol–water partition coefficient (Wildman–Crippen LogP) is 2.82. The maximum Gasteiger partial charge on any atom is 0.0704 e. The average molecular weight is 212 g/mol. The molecule has 0 saturated heterocycles. The first kappa shape index (κ1) is 10.8. The Balaban J connectivity index is 2.42. The van der Waals surface area contributed by atoms with Crippen molar-refractivity contribution < 1.29 is 0 Å². The predicted molar refractivity (Wildman–Crippen MR) is 67.0 cm³/mol. The number of hydrogen-bond acceptors (Lipinski definition) is 2. The maximum absolute atomic E-state index is 5.55. The van der Waals surface area contributed by atoms with Crippen LogP contribution in [0.4, 0.5) is 0 Å². The van der Waals surface area contributed by atoms with Crippen LogP contribution in [-0.4, -0.2) is 4.98 Å². The number of nitrogens with zero attached hydrogens (tertiary/aromatic N) is 1. The Kier molecular flexibility index (Phi) is 3.02. The summed E-state index contributed by atoms with van der Waals surface area (Å²) in [6.45, 7) is 4.75. The molecule has 16 heavy (non-hydrogen) atoms. The summed E-state index contributed by atoms with van der Waals surface area (Å²) in [4.78, 5) is 4.43. The Morgan fingerprint density at radius 2 is 1.94 bits per heavy atom. The molecular formula is C14H16N2. The summed E-state index contributed by atoms with van der Waals surface area (Å²) in [7, 11) is 0. The van der Waals surface area contributed by atoms with E-state index in [1.807, 2.05) is 18.3 Å². The minimum atomic E-state index is 0.542. The Bertz CT molecular complexity index is 487. The third-order valence-electron chi connectivity index (χ3n) is 2.72. The van der Waals surface area contributed by atoms with Crippen LogP contribution in [0.2, 0.25) is 0 Å². The van der Waals surface area contributed by atoms with E-state index in [1.165, 1.54) is 16.7 Å². The lowest BCUT2D eigenvalue weighted by molar-refractivity contribution is 1.05. The van der Waals surface area contributed by atoms with Crippen molar-refractivity contribution >= 4 is 0 Å². The molecule has 0 fully saturated rings. The van der Waals surface area contributed by atoms with Crippen LogP contribution in [0.5, 0.6) is 0 Å². The van der Waals surface area contributed by atoms with Crippen LogP contribution in [-0.2, 0) is 6.54 Å². The normalized spacial score (nSPS) is 10.4. The summed E-state index contributed by atoms with van der Waals surface area (Å²) < 4.78 is 0. The number of benzene rings is 1. The summed E-state index contributed by atoms with van der Waals surface area (Å²) in [6, 6.07) is 10.5. The van der Waals surface area contributed by atoms with Crippen LogP contribution < -0.4 is 5.73 Å². The molecule has 0 saturated carbocycles. The Morgan fingerprint density at radius 1 is 1.12 bits per heavy atom. The van der Waals surface area contributed by atoms with Crippen molar-refractivity contribution in [2.75, 3.05) is 0 Å². The van der Waals surface area contributed by atoms with Crippen molar-refractivity contribution in [3.63, 3.8) is 0 Å². The van der Waals surface area contributed by atoms with Crippen LogP contribution in [0.3, 0.4) is 0 Å². The molecule has 1 aromatic heterocycles. The molecule has 2 N–H and O–H groups in total. The number of nitrogens with two attached hydrogens (primary N) is 1. The highest BCUT2D eigenvalue weighted by Gasteiger charge is 2.02. The van der Waals surface area contributed by atoms with Gasteiger partial charge >= 0.3 is 0 Å². The smallest absolute Gasteiger partial charge is 0.0704 e. The first-order chi connectivity index (χ1) is 7.70. The molecule has 0 unspecified atom stereocenters. The molecule has 0 aliphatic heterocycles. The minimum Gasteiger partial charge on any atom is -0.326 e. The third kappa shape index (κ3) is 2.12. The van der Waals surface area contributed by atoms with Gasteiger partial charge in [0.2, 0.25) is 0 Å². The van der Waals surface area contributed by atoms with E-state index < -0.39 is 0 Å². The lowest BCUT2D eigenvalue weighted by Crippen LogP contribution is -1.97. The van der Waals surface area contributed by atoms with Gasteiger partial charge in [-0.15, -0.1) is 0 Å². The number of rotatable bonds is 2. The molecule has 0 bridgehead atoms. The van der Waals surface area contributed by atoms with E-state index in [2.05, 4.69) is 37.0 Å². The largest absolute Gasteiger partial charge is 0.326 e. The van der Waals surface area contributed by atoms with Crippen molar-refractivity contribution in [1.29, 1.82) is 0 Å². The van der Waals surface area contributed by atoms with E-state index >= 15 is 0 Å². The number of aromatic nitrogens is 1. The van der Waals surface area contributed by atoms with Gasteiger partial charge < -0.3 is 5.73 Å². The monoisotopic (exact) mass is 212 g/mol. The quantitative estimate of drug-likeness (QED) is 0.831. The number of aryl methyl sites for hydroxylation is 2. The van der Waals surface area contributed by atoms with Crippen molar-refractivity contribution in [2.24, 2.45) is 5.73 Å². The lowest BCUT2D eigenvalue weighted by atomic mass is 10.0. The van der Waals surface area contributed by atoms with Crippen molar-refractivity contribution in [3.8, 4) is 11.3 Å². The zero-order valence-electron chi connectivity index (χ0n) is 9.70. The van der Waals surface area contributed by atoms with E-state index in [0.29, 0.717) is 6.54 Å². The zero-order chi connectivity index (χ0) is 11.5. The van der Waals surface area contributed by atoms with Crippen LogP contribution in [0.25, 0.3) is 11.3 Å². The molecule has 2 rings (SSSR count). The summed E-state index contributed by atoms with van der Waals surface area (Å²) in [5.74, 6) is 0. The topological polar surface area (TPSA) is 38.9 Å². The van der Waals surface area contributed by atoms with Gasteiger partial charge in [-0.1, -0.05) is 29.8 Å². The summed E-state index contributed by atoms with van der Waals surface area (Å²) in [6.07, 6.45) is 1.84. The van der Waals surface area contributed by atoms with E-state index in [4.69, 9.17) is 5.73 Å². The van der Waals surface area contributed by atoms with Gasteiger partial charge in [0.1, 0.15) is 0 Å². The molecule has 1 aromatic carbocycles. The second-order valence-electron chi connectivity index (χ2n) is 4.07. The highest BCUT2D eigenvalue weighted by molar-refractivity contribution is 5.63. The molecule has 0 aliphatic rings. The van der Waals surface area contributed by atoms with Crippen LogP contribution >= 0.6 is 0 Å². The highest BCUT2D eigenvalue weighted by atomic mass is 14.7. The molecule has 2 heteroatoms. The standard InChI is InChI=1S/C14H16N2/c1-10-3-5-13(11(2)7-10)14-6-4-12(8-15)9-16-14/h3-7,9H,8,15H2,1-2H3. The average Bonchev–Trinajstić information content (AvgIpc) is 2.29. The molecule has 0 amide bonds. The van der Waals surface area contributed by atoms with Gasteiger partial charge in [0.05, 0.1) is 5.69 Å². The minimum absolute atomic E-state index is 0.542. The van der Waals surface area contributed by atoms with Gasteiger partial charge in [0, 0.05) is 18.3 Å². The molecule has 0 atom stereocenters. The number of hydrogen-bond donors (Lipinski definition) is 1. The molecule has 1 heterocycles. The summed E-state index contributed by atoms with van der Waals surface area (Å²) >= 11 is 0. The van der Waals surface area contributed by atoms with Gasteiger partial charge in [-0.25, -0.2) is 0 Å². The molecule has 0 radical (unpaired) electrons. The second kappa shape index (κ2) is 4.45. The van der Waals surface area contributed by atoms with Crippen molar-refractivity contribution in [1.82, 2.24) is 4.98 Å². The van der Waals surface area contributed by atoms with Crippen LogP contribution in [0.15, 0.2) is 36.5 Å². The van der Waals surface area contributed by atoms with Crippen LogP contribution in [0.1, 0.15) is 16.7 Å². The van der Waals surface area contributed by atoms with E-state index in [-0.39, 0.29) is 0 Å². The van der Waals surface area contributed by atoms with Crippen molar-refractivity contribution in [3.05, 3.63) is 53.2 Å². The molecule has 2 nitrogen and oxygen atoms in total. The molecular weight excluding hydrogens is 196 g/mol. The Labute approximate surface area is 96.1 Å². The fourth-order valence-electron chi connectivity index (χ4n) is 1.81. The summed E-state index contributed by atoms with van der Waals surface area (Å²) in [5.41, 5.74) is 11.3. The molecule has 82 valence electrons. The highest BCUT2D eigenvalue weighted by Crippen LogP contribution is 2.22. The fraction of sp³-hybridized carbons (Fsp3) is 0.214. The van der Waals surface area contributed by atoms with Gasteiger partial charge in [-0.3, -0.25) is 4.98 Å². The fourth-order valence-corrected chi connectivity index (χ4v) is 1.81. The lowest BCUT2D eigenvalue weighted by Gasteiger charge is -2.06. The molecule has 2 aromatic rings. The van der Waals surface area contributed by atoms with Gasteiger partial charge in [-0.2, -0.15) is 0 Å². The Hall–Kier alpha value is -1.67. The van der Waals surface area contributed by atoms with E-state index in [0.717, 1.165) is 11.3 Å². The third-order valence-corrected chi connectivity index (χ3v) is 2.72. The van der Waals surface area contributed by atoms with E-state index in [9.17, 15) is 0 Å². The molecule has 0 aliphatic carbocycles. The Morgan fingerprint density at radius 3 is 2.50 bits per heavy atom. The molecule has 0 spiro atoms. The zero-order valence-corrected chi connectivity index (χ0v) is 9.70. The number of pyridine rings is 1. The van der Waals surface area contributed by atoms with E-state index in [1.54, 1.807) is 0 Å². The van der Waals surface area contributed by atoms with Gasteiger partial charge in [-0.05, 0) is 31.0 Å². The maximum atomic E-state index is 5.55.